The van der Waals surface area contributed by atoms with E-state index in [1.807, 2.05) is 61.5 Å². The molecule has 0 bridgehead atoms. The Kier molecular flexibility index (Phi) is 6.56. The van der Waals surface area contributed by atoms with Crippen molar-refractivity contribution in [2.24, 2.45) is 5.41 Å². The van der Waals surface area contributed by atoms with Crippen LogP contribution in [0, 0.1) is 5.41 Å². The number of para-hydroxylation sites is 1. The summed E-state index contributed by atoms with van der Waals surface area (Å²) in [6, 6.07) is 18.0. The molecule has 1 unspecified atom stereocenters. The van der Waals surface area contributed by atoms with Gasteiger partial charge in [-0.3, -0.25) is 14.2 Å². The van der Waals surface area contributed by atoms with Crippen molar-refractivity contribution in [2.75, 3.05) is 13.2 Å². The molecule has 0 fully saturated rings. The lowest BCUT2D eigenvalue weighted by atomic mass is 9.76. The van der Waals surface area contributed by atoms with Crippen LogP contribution < -0.4 is 0 Å². The van der Waals surface area contributed by atoms with E-state index in [-0.39, 0.29) is 12.5 Å². The van der Waals surface area contributed by atoms with Crippen LogP contribution in [0.5, 0.6) is 0 Å². The van der Waals surface area contributed by atoms with Crippen molar-refractivity contribution < 1.29 is 19.1 Å². The highest BCUT2D eigenvalue weighted by Gasteiger charge is 2.50. The third-order valence-corrected chi connectivity index (χ3v) is 6.42. The minimum atomic E-state index is -1.15. The number of fused-ring (bicyclic) bond motifs is 3. The highest BCUT2D eigenvalue weighted by atomic mass is 16.5. The Morgan fingerprint density at radius 2 is 1.91 bits per heavy atom. The van der Waals surface area contributed by atoms with Crippen LogP contribution >= 0.6 is 0 Å². The van der Waals surface area contributed by atoms with Crippen molar-refractivity contribution in [3.8, 4) is 0 Å². The van der Waals surface area contributed by atoms with E-state index < -0.39 is 11.4 Å². The Hall–Kier alpha value is -3.18. The van der Waals surface area contributed by atoms with Gasteiger partial charge in [0.25, 0.3) is 0 Å². The summed E-state index contributed by atoms with van der Waals surface area (Å²) < 4.78 is 13.0. The molecule has 0 aliphatic carbocycles. The maximum absolute atomic E-state index is 13.7. The molecule has 1 aliphatic heterocycles. The number of hydrogen-bond acceptors (Lipinski definition) is 4. The molecule has 2 aromatic carbocycles. The molecule has 1 aliphatic rings. The van der Waals surface area contributed by atoms with Crippen LogP contribution in [-0.4, -0.2) is 29.7 Å². The van der Waals surface area contributed by atoms with E-state index in [0.29, 0.717) is 38.9 Å². The van der Waals surface area contributed by atoms with Crippen molar-refractivity contribution in [2.45, 2.75) is 39.2 Å². The lowest BCUT2D eigenvalue weighted by Gasteiger charge is -2.34. The van der Waals surface area contributed by atoms with Gasteiger partial charge in [-0.25, -0.2) is 0 Å². The maximum atomic E-state index is 13.7. The summed E-state index contributed by atoms with van der Waals surface area (Å²) in [5, 5.41) is 1.05. The van der Waals surface area contributed by atoms with E-state index in [1.54, 1.807) is 4.57 Å². The summed E-state index contributed by atoms with van der Waals surface area (Å²) in [7, 11) is 0. The zero-order chi connectivity index (χ0) is 22.6. The largest absolute Gasteiger partial charge is 0.461 e. The van der Waals surface area contributed by atoms with E-state index in [0.717, 1.165) is 27.7 Å². The summed E-state index contributed by atoms with van der Waals surface area (Å²) in [4.78, 5) is 26.6. The smallest absolute Gasteiger partial charge is 0.321 e. The number of benzene rings is 2. The zero-order valence-corrected chi connectivity index (χ0v) is 18.5. The fraction of sp³-hybridized carbons (Fsp3) is 0.333. The highest BCUT2D eigenvalue weighted by molar-refractivity contribution is 6.09. The third kappa shape index (κ3) is 3.89. The zero-order valence-electron chi connectivity index (χ0n) is 18.5. The average Bonchev–Trinajstić information content (AvgIpc) is 3.15. The number of rotatable bonds is 9. The van der Waals surface area contributed by atoms with Gasteiger partial charge in [-0.1, -0.05) is 68.1 Å². The number of ether oxygens (including phenoxy) is 2. The van der Waals surface area contributed by atoms with Gasteiger partial charge < -0.3 is 9.47 Å². The Morgan fingerprint density at radius 1 is 1.16 bits per heavy atom. The van der Waals surface area contributed by atoms with E-state index in [2.05, 4.69) is 6.58 Å². The van der Waals surface area contributed by atoms with Crippen LogP contribution in [0.2, 0.25) is 0 Å². The van der Waals surface area contributed by atoms with Crippen LogP contribution in [0.3, 0.4) is 0 Å². The molecule has 1 atom stereocenters. The minimum Gasteiger partial charge on any atom is -0.461 e. The topological polar surface area (TPSA) is 57.5 Å². The lowest BCUT2D eigenvalue weighted by molar-refractivity contribution is -0.152. The summed E-state index contributed by atoms with van der Waals surface area (Å²) in [6.07, 6.45) is 3.74. The lowest BCUT2D eigenvalue weighted by Crippen LogP contribution is -2.47. The molecule has 0 spiro atoms. The van der Waals surface area contributed by atoms with Gasteiger partial charge in [0.05, 0.1) is 18.7 Å². The summed E-state index contributed by atoms with van der Waals surface area (Å²) in [5.74, 6) is -0.649. The molecule has 5 heteroatoms. The molecule has 0 saturated heterocycles. The average molecular weight is 432 g/mol. The summed E-state index contributed by atoms with van der Waals surface area (Å²) in [5.41, 5.74) is 2.95. The number of esters is 1. The van der Waals surface area contributed by atoms with Gasteiger partial charge in [-0.2, -0.15) is 0 Å². The molecule has 0 amide bonds. The number of carbonyl (C=O) groups excluding carboxylic acids is 2. The Balaban J connectivity index is 1.62. The second kappa shape index (κ2) is 9.53. The molecule has 1 aromatic heterocycles. The van der Waals surface area contributed by atoms with Crippen LogP contribution in [0.25, 0.3) is 10.9 Å². The molecule has 166 valence electrons. The standard InChI is InChI=1S/C27H29NO4/c1-3-17-32-26(30)27(4-2)16-14-24-22(15-18-31-19-20-10-6-5-7-11-20)21-12-8-9-13-23(21)28(24)25(27)29/h3,5-13H,1,4,14-19H2,2H3. The highest BCUT2D eigenvalue weighted by Crippen LogP contribution is 2.41. The molecule has 5 nitrogen and oxygen atoms in total. The summed E-state index contributed by atoms with van der Waals surface area (Å²) >= 11 is 0. The number of carbonyl (C=O) groups is 2. The normalized spacial score (nSPS) is 17.8. The van der Waals surface area contributed by atoms with Crippen LogP contribution in [0.4, 0.5) is 0 Å². The van der Waals surface area contributed by atoms with E-state index in [4.69, 9.17) is 9.47 Å². The van der Waals surface area contributed by atoms with E-state index >= 15 is 0 Å². The predicted octanol–water partition coefficient (Wildman–Crippen LogP) is 5.11. The molecule has 0 saturated carbocycles. The Bertz CT molecular complexity index is 1130. The van der Waals surface area contributed by atoms with Gasteiger partial charge in [0.15, 0.2) is 0 Å². The van der Waals surface area contributed by atoms with Crippen LogP contribution in [0.1, 0.15) is 41.4 Å². The monoisotopic (exact) mass is 431 g/mol. The van der Waals surface area contributed by atoms with Gasteiger partial charge in [-0.05, 0) is 42.9 Å². The molecular formula is C27H29NO4. The van der Waals surface area contributed by atoms with E-state index in [1.165, 1.54) is 6.08 Å². The fourth-order valence-electron chi connectivity index (χ4n) is 4.66. The van der Waals surface area contributed by atoms with Gasteiger partial charge in [0, 0.05) is 11.1 Å². The second-order valence-corrected chi connectivity index (χ2v) is 8.19. The molecule has 32 heavy (non-hydrogen) atoms. The molecular weight excluding hydrogens is 402 g/mol. The second-order valence-electron chi connectivity index (χ2n) is 8.19. The van der Waals surface area contributed by atoms with Gasteiger partial charge in [0.2, 0.25) is 5.91 Å². The SMILES string of the molecule is C=CCOC(=O)C1(CC)CCc2c(CCOCc3ccccc3)c3ccccc3n2C1=O. The third-order valence-electron chi connectivity index (χ3n) is 6.42. The first-order valence-corrected chi connectivity index (χ1v) is 11.2. The Morgan fingerprint density at radius 3 is 2.66 bits per heavy atom. The van der Waals surface area contributed by atoms with Gasteiger partial charge in [-0.15, -0.1) is 0 Å². The fourth-order valence-corrected chi connectivity index (χ4v) is 4.66. The van der Waals surface area contributed by atoms with Crippen molar-refractivity contribution >= 4 is 22.8 Å². The molecule has 4 rings (SSSR count). The van der Waals surface area contributed by atoms with Gasteiger partial charge in [0.1, 0.15) is 12.0 Å². The molecule has 2 heterocycles. The van der Waals surface area contributed by atoms with Crippen molar-refractivity contribution in [1.82, 2.24) is 4.57 Å². The van der Waals surface area contributed by atoms with Crippen LogP contribution in [-0.2, 0) is 33.7 Å². The maximum Gasteiger partial charge on any atom is 0.321 e. The Labute approximate surface area is 188 Å². The molecule has 0 N–H and O–H groups in total. The molecule has 3 aromatic rings. The quantitative estimate of drug-likeness (QED) is 0.204. The molecule has 0 radical (unpaired) electrons. The van der Waals surface area contributed by atoms with Crippen molar-refractivity contribution in [3.63, 3.8) is 0 Å². The summed E-state index contributed by atoms with van der Waals surface area (Å²) in [6.45, 7) is 6.70. The number of hydrogen-bond donors (Lipinski definition) is 0. The van der Waals surface area contributed by atoms with Crippen molar-refractivity contribution in [1.29, 1.82) is 0 Å². The first-order chi connectivity index (χ1) is 15.6. The number of nitrogens with zero attached hydrogens (tertiary/aromatic N) is 1. The van der Waals surface area contributed by atoms with E-state index in [9.17, 15) is 9.59 Å². The van der Waals surface area contributed by atoms with Gasteiger partial charge >= 0.3 is 5.97 Å². The predicted molar refractivity (Wildman–Crippen MR) is 125 cm³/mol. The minimum absolute atomic E-state index is 0.108. The van der Waals surface area contributed by atoms with Crippen molar-refractivity contribution in [3.05, 3.63) is 84.1 Å². The first kappa shape index (κ1) is 22.0. The first-order valence-electron chi connectivity index (χ1n) is 11.2. The van der Waals surface area contributed by atoms with Crippen LogP contribution in [0.15, 0.2) is 67.3 Å². The number of aromatic nitrogens is 1.